The minimum atomic E-state index is -0.793. The molecule has 3 rings (SSSR count). The molecule has 29 heavy (non-hydrogen) atoms. The van der Waals surface area contributed by atoms with Crippen molar-refractivity contribution >= 4 is 40.8 Å². The van der Waals surface area contributed by atoms with Gasteiger partial charge in [0.05, 0.1) is 23.5 Å². The highest BCUT2D eigenvalue weighted by molar-refractivity contribution is 6.36. The van der Waals surface area contributed by atoms with E-state index in [0.717, 1.165) is 5.56 Å². The topological polar surface area (TPSA) is 83.4 Å². The lowest BCUT2D eigenvalue weighted by Crippen LogP contribution is -2.49. The van der Waals surface area contributed by atoms with Crippen molar-refractivity contribution < 1.29 is 14.0 Å². The molecular formula is C21H19Cl2N3O3. The van der Waals surface area contributed by atoms with Gasteiger partial charge in [-0.05, 0) is 35.9 Å². The highest BCUT2D eigenvalue weighted by Gasteiger charge is 2.22. The summed E-state index contributed by atoms with van der Waals surface area (Å²) in [7, 11) is 0. The van der Waals surface area contributed by atoms with Crippen LogP contribution in [0.1, 0.15) is 11.3 Å². The first-order valence-corrected chi connectivity index (χ1v) is 9.63. The summed E-state index contributed by atoms with van der Waals surface area (Å²) in [6.07, 6.45) is 1.86. The van der Waals surface area contributed by atoms with Crippen molar-refractivity contribution in [1.29, 1.82) is 0 Å². The molecule has 3 amide bonds. The molecule has 2 aromatic carbocycles. The molecule has 1 atom stereocenters. The molecule has 0 saturated heterocycles. The van der Waals surface area contributed by atoms with Crippen molar-refractivity contribution in [3.05, 3.63) is 88.3 Å². The van der Waals surface area contributed by atoms with Crippen molar-refractivity contribution in [2.24, 2.45) is 0 Å². The monoisotopic (exact) mass is 431 g/mol. The Balaban J connectivity index is 1.67. The zero-order chi connectivity index (χ0) is 20.6. The maximum absolute atomic E-state index is 12.7. The quantitative estimate of drug-likeness (QED) is 0.509. The van der Waals surface area contributed by atoms with Crippen LogP contribution in [-0.4, -0.2) is 18.0 Å². The number of furan rings is 1. The Labute approximate surface area is 178 Å². The third kappa shape index (κ3) is 6.27. The molecular weight excluding hydrogens is 413 g/mol. The van der Waals surface area contributed by atoms with Gasteiger partial charge in [0.15, 0.2) is 0 Å². The smallest absolute Gasteiger partial charge is 0.319 e. The van der Waals surface area contributed by atoms with E-state index in [9.17, 15) is 9.59 Å². The number of halogens is 2. The fourth-order valence-corrected chi connectivity index (χ4v) is 3.13. The predicted molar refractivity (Wildman–Crippen MR) is 113 cm³/mol. The SMILES string of the molecule is O=C(Nc1ccc(Cl)cc1Cl)NC(Cc1ccccc1)C(=O)NCc1ccco1. The number of hydrogen-bond donors (Lipinski definition) is 3. The number of hydrogen-bond acceptors (Lipinski definition) is 3. The molecule has 0 spiro atoms. The highest BCUT2D eigenvalue weighted by Crippen LogP contribution is 2.25. The molecule has 6 nitrogen and oxygen atoms in total. The van der Waals surface area contributed by atoms with Crippen molar-refractivity contribution in [2.45, 2.75) is 19.0 Å². The lowest BCUT2D eigenvalue weighted by atomic mass is 10.1. The van der Waals surface area contributed by atoms with Gasteiger partial charge < -0.3 is 20.4 Å². The average Bonchev–Trinajstić information content (AvgIpc) is 3.22. The van der Waals surface area contributed by atoms with E-state index in [0.29, 0.717) is 27.9 Å². The second-order valence-corrected chi connectivity index (χ2v) is 7.11. The number of carbonyl (C=O) groups is 2. The van der Waals surface area contributed by atoms with Crippen LogP contribution >= 0.6 is 23.2 Å². The third-order valence-electron chi connectivity index (χ3n) is 4.10. The Morgan fingerprint density at radius 3 is 2.48 bits per heavy atom. The number of urea groups is 1. The number of carbonyl (C=O) groups excluding carboxylic acids is 2. The fraction of sp³-hybridized carbons (Fsp3) is 0.143. The van der Waals surface area contributed by atoms with E-state index in [2.05, 4.69) is 16.0 Å². The molecule has 1 aromatic heterocycles. The van der Waals surface area contributed by atoms with Gasteiger partial charge >= 0.3 is 6.03 Å². The van der Waals surface area contributed by atoms with Crippen LogP contribution in [0.4, 0.5) is 10.5 Å². The fourth-order valence-electron chi connectivity index (χ4n) is 2.68. The number of amides is 3. The van der Waals surface area contributed by atoms with Gasteiger partial charge in [0.2, 0.25) is 5.91 Å². The molecule has 150 valence electrons. The highest BCUT2D eigenvalue weighted by atomic mass is 35.5. The van der Waals surface area contributed by atoms with Crippen LogP contribution in [0.2, 0.25) is 10.0 Å². The first-order chi connectivity index (χ1) is 14.0. The standard InChI is InChI=1S/C21H19Cl2N3O3/c22-15-8-9-18(17(23)12-15)25-21(28)26-19(11-14-5-2-1-3-6-14)20(27)24-13-16-7-4-10-29-16/h1-10,12,19H,11,13H2,(H,24,27)(H2,25,26,28). The van der Waals surface area contributed by atoms with Crippen LogP contribution in [0.15, 0.2) is 71.3 Å². The van der Waals surface area contributed by atoms with E-state index in [1.54, 1.807) is 24.3 Å². The van der Waals surface area contributed by atoms with Crippen molar-refractivity contribution in [2.75, 3.05) is 5.32 Å². The molecule has 1 heterocycles. The summed E-state index contributed by atoms with van der Waals surface area (Å²) in [5, 5.41) is 8.87. The van der Waals surface area contributed by atoms with Crippen LogP contribution in [0.3, 0.4) is 0 Å². The molecule has 0 bridgehead atoms. The Hall–Kier alpha value is -2.96. The first-order valence-electron chi connectivity index (χ1n) is 8.88. The van der Waals surface area contributed by atoms with Gasteiger partial charge in [0.25, 0.3) is 0 Å². The van der Waals surface area contributed by atoms with Crippen LogP contribution in [0.5, 0.6) is 0 Å². The summed E-state index contributed by atoms with van der Waals surface area (Å²) in [6.45, 7) is 0.226. The summed E-state index contributed by atoms with van der Waals surface area (Å²) in [5.74, 6) is 0.289. The van der Waals surface area contributed by atoms with Crippen molar-refractivity contribution in [3.63, 3.8) is 0 Å². The van der Waals surface area contributed by atoms with Gasteiger partial charge in [-0.15, -0.1) is 0 Å². The molecule has 3 N–H and O–H groups in total. The second-order valence-electron chi connectivity index (χ2n) is 6.26. The zero-order valence-electron chi connectivity index (χ0n) is 15.3. The maximum atomic E-state index is 12.7. The third-order valence-corrected chi connectivity index (χ3v) is 4.65. The number of nitrogens with one attached hydrogen (secondary N) is 3. The van der Waals surface area contributed by atoms with E-state index in [1.165, 1.54) is 12.3 Å². The van der Waals surface area contributed by atoms with E-state index in [4.69, 9.17) is 27.6 Å². The molecule has 0 aliphatic rings. The van der Waals surface area contributed by atoms with Crippen LogP contribution in [0, 0.1) is 0 Å². The van der Waals surface area contributed by atoms with E-state index in [1.807, 2.05) is 30.3 Å². The van der Waals surface area contributed by atoms with Gasteiger partial charge in [-0.2, -0.15) is 0 Å². The average molecular weight is 432 g/mol. The Morgan fingerprint density at radius 1 is 1.00 bits per heavy atom. The van der Waals surface area contributed by atoms with Gasteiger partial charge in [0.1, 0.15) is 11.8 Å². The first kappa shape index (κ1) is 20.8. The summed E-state index contributed by atoms with van der Waals surface area (Å²) in [4.78, 5) is 25.2. The van der Waals surface area contributed by atoms with Crippen LogP contribution < -0.4 is 16.0 Å². The molecule has 0 aliphatic heterocycles. The van der Waals surface area contributed by atoms with Gasteiger partial charge in [-0.1, -0.05) is 53.5 Å². The number of anilines is 1. The van der Waals surface area contributed by atoms with E-state index >= 15 is 0 Å². The minimum absolute atomic E-state index is 0.226. The molecule has 0 aliphatic carbocycles. The molecule has 0 radical (unpaired) electrons. The Bertz CT molecular complexity index is 963. The second kappa shape index (κ2) is 10.0. The zero-order valence-corrected chi connectivity index (χ0v) is 16.8. The molecule has 0 fully saturated rings. The van der Waals surface area contributed by atoms with Crippen LogP contribution in [-0.2, 0) is 17.8 Å². The lowest BCUT2D eigenvalue weighted by Gasteiger charge is -2.19. The minimum Gasteiger partial charge on any atom is -0.467 e. The Kier molecular flexibility index (Phi) is 7.16. The molecule has 0 saturated carbocycles. The largest absolute Gasteiger partial charge is 0.467 e. The Morgan fingerprint density at radius 2 is 1.79 bits per heavy atom. The molecule has 3 aromatic rings. The number of rotatable bonds is 7. The summed E-state index contributed by atoms with van der Waals surface area (Å²) >= 11 is 12.0. The predicted octanol–water partition coefficient (Wildman–Crippen LogP) is 4.64. The van der Waals surface area contributed by atoms with E-state index in [-0.39, 0.29) is 12.5 Å². The molecule has 8 heteroatoms. The lowest BCUT2D eigenvalue weighted by molar-refractivity contribution is -0.123. The van der Waals surface area contributed by atoms with Gasteiger partial charge in [-0.25, -0.2) is 4.79 Å². The van der Waals surface area contributed by atoms with Crippen molar-refractivity contribution in [1.82, 2.24) is 10.6 Å². The van der Waals surface area contributed by atoms with Crippen molar-refractivity contribution in [3.8, 4) is 0 Å². The normalized spacial score (nSPS) is 11.5. The van der Waals surface area contributed by atoms with Gasteiger partial charge in [0, 0.05) is 11.4 Å². The van der Waals surface area contributed by atoms with E-state index < -0.39 is 12.1 Å². The summed E-state index contributed by atoms with van der Waals surface area (Å²) < 4.78 is 5.22. The maximum Gasteiger partial charge on any atom is 0.319 e. The summed E-state index contributed by atoms with van der Waals surface area (Å²) in [6, 6.07) is 16.3. The summed E-state index contributed by atoms with van der Waals surface area (Å²) in [5.41, 5.74) is 1.30. The number of benzene rings is 2. The van der Waals surface area contributed by atoms with Crippen LogP contribution in [0.25, 0.3) is 0 Å². The van der Waals surface area contributed by atoms with Gasteiger partial charge in [-0.3, -0.25) is 4.79 Å². The molecule has 1 unspecified atom stereocenters.